The Balaban J connectivity index is 2.02. The lowest BCUT2D eigenvalue weighted by Crippen LogP contribution is -2.26. The highest BCUT2D eigenvalue weighted by molar-refractivity contribution is 5.96. The van der Waals surface area contributed by atoms with Gasteiger partial charge >= 0.3 is 0 Å². The van der Waals surface area contributed by atoms with Crippen LogP contribution in [0.3, 0.4) is 0 Å². The summed E-state index contributed by atoms with van der Waals surface area (Å²) >= 11 is 0. The van der Waals surface area contributed by atoms with Gasteiger partial charge in [0.2, 0.25) is 5.88 Å². The number of ether oxygens (including phenoxy) is 1. The van der Waals surface area contributed by atoms with E-state index in [1.165, 1.54) is 20.0 Å². The predicted molar refractivity (Wildman–Crippen MR) is 55.8 cm³/mol. The molecule has 0 atom stereocenters. The van der Waals surface area contributed by atoms with E-state index in [0.29, 0.717) is 17.4 Å². The summed E-state index contributed by atoms with van der Waals surface area (Å²) in [5, 5.41) is 2.88. The summed E-state index contributed by atoms with van der Waals surface area (Å²) in [5.74, 6) is 0.953. The van der Waals surface area contributed by atoms with E-state index >= 15 is 0 Å². The number of pyridine rings is 1. The molecule has 1 fully saturated rings. The van der Waals surface area contributed by atoms with E-state index in [9.17, 15) is 4.79 Å². The van der Waals surface area contributed by atoms with Crippen molar-refractivity contribution < 1.29 is 9.53 Å². The Morgan fingerprint density at radius 2 is 2.47 bits per heavy atom. The third kappa shape index (κ3) is 2.46. The fourth-order valence-electron chi connectivity index (χ4n) is 1.38. The Labute approximate surface area is 88.7 Å². The second-order valence-corrected chi connectivity index (χ2v) is 3.71. The number of carbonyl (C=O) groups is 1. The van der Waals surface area contributed by atoms with Crippen molar-refractivity contribution in [2.75, 3.05) is 13.7 Å². The number of amides is 1. The van der Waals surface area contributed by atoms with Gasteiger partial charge < -0.3 is 10.1 Å². The van der Waals surface area contributed by atoms with Crippen LogP contribution < -0.4 is 10.1 Å². The topological polar surface area (TPSA) is 51.2 Å². The summed E-state index contributed by atoms with van der Waals surface area (Å²) in [6.07, 6.45) is 4.06. The summed E-state index contributed by atoms with van der Waals surface area (Å²) in [4.78, 5) is 15.7. The molecule has 80 valence electrons. The number of methoxy groups -OCH3 is 1. The van der Waals surface area contributed by atoms with Crippen molar-refractivity contribution in [3.05, 3.63) is 23.9 Å². The van der Waals surface area contributed by atoms with Gasteiger partial charge in [-0.05, 0) is 30.9 Å². The van der Waals surface area contributed by atoms with E-state index in [4.69, 9.17) is 4.74 Å². The number of hydrogen-bond donors (Lipinski definition) is 1. The Kier molecular flexibility index (Phi) is 2.85. The minimum atomic E-state index is -0.105. The molecule has 1 amide bonds. The molecule has 4 heteroatoms. The number of hydrogen-bond acceptors (Lipinski definition) is 3. The van der Waals surface area contributed by atoms with Gasteiger partial charge in [-0.2, -0.15) is 0 Å². The van der Waals surface area contributed by atoms with Crippen molar-refractivity contribution in [3.8, 4) is 5.88 Å². The Morgan fingerprint density at radius 3 is 3.13 bits per heavy atom. The molecule has 0 bridgehead atoms. The van der Waals surface area contributed by atoms with Gasteiger partial charge in [-0.1, -0.05) is 0 Å². The molecule has 2 rings (SSSR count). The predicted octanol–water partition coefficient (Wildman–Crippen LogP) is 1.23. The van der Waals surface area contributed by atoms with Gasteiger partial charge in [-0.25, -0.2) is 4.98 Å². The zero-order valence-electron chi connectivity index (χ0n) is 8.69. The van der Waals surface area contributed by atoms with E-state index in [2.05, 4.69) is 10.3 Å². The van der Waals surface area contributed by atoms with Crippen LogP contribution in [-0.4, -0.2) is 24.5 Å². The maximum absolute atomic E-state index is 11.7. The van der Waals surface area contributed by atoms with Gasteiger partial charge in [-0.3, -0.25) is 4.79 Å². The van der Waals surface area contributed by atoms with Crippen LogP contribution in [0.2, 0.25) is 0 Å². The van der Waals surface area contributed by atoms with Crippen LogP contribution in [0, 0.1) is 5.92 Å². The molecule has 1 aromatic heterocycles. The van der Waals surface area contributed by atoms with E-state index in [1.807, 2.05) is 0 Å². The molecule has 0 saturated heterocycles. The molecule has 0 spiro atoms. The third-order valence-corrected chi connectivity index (χ3v) is 2.46. The maximum Gasteiger partial charge on any atom is 0.256 e. The first-order valence-electron chi connectivity index (χ1n) is 5.08. The highest BCUT2D eigenvalue weighted by Crippen LogP contribution is 2.27. The first kappa shape index (κ1) is 9.96. The van der Waals surface area contributed by atoms with Crippen molar-refractivity contribution in [2.45, 2.75) is 12.8 Å². The van der Waals surface area contributed by atoms with Crippen molar-refractivity contribution >= 4 is 5.91 Å². The quantitative estimate of drug-likeness (QED) is 0.806. The second kappa shape index (κ2) is 4.29. The summed E-state index contributed by atoms with van der Waals surface area (Å²) in [6.45, 7) is 0.761. The molecule has 1 heterocycles. The van der Waals surface area contributed by atoms with Crippen LogP contribution in [0.25, 0.3) is 0 Å². The zero-order chi connectivity index (χ0) is 10.7. The maximum atomic E-state index is 11.7. The molecule has 1 aliphatic rings. The number of nitrogens with zero attached hydrogens (tertiary/aromatic N) is 1. The molecule has 1 aromatic rings. The smallest absolute Gasteiger partial charge is 0.256 e. The van der Waals surface area contributed by atoms with E-state index in [-0.39, 0.29) is 5.91 Å². The molecule has 0 aliphatic heterocycles. The van der Waals surface area contributed by atoms with E-state index in [0.717, 1.165) is 6.54 Å². The lowest BCUT2D eigenvalue weighted by Gasteiger charge is -2.07. The number of carbonyl (C=O) groups excluding carboxylic acids is 1. The fraction of sp³-hybridized carbons (Fsp3) is 0.455. The lowest BCUT2D eigenvalue weighted by atomic mass is 10.2. The Hall–Kier alpha value is -1.58. The third-order valence-electron chi connectivity index (χ3n) is 2.46. The summed E-state index contributed by atoms with van der Waals surface area (Å²) in [7, 11) is 1.51. The standard InChI is InChI=1S/C11H14N2O2/c1-15-11-9(3-2-6-12-11)10(14)13-7-8-4-5-8/h2-3,6,8H,4-5,7H2,1H3,(H,13,14). The van der Waals surface area contributed by atoms with Crippen LogP contribution in [-0.2, 0) is 0 Å². The van der Waals surface area contributed by atoms with Crippen LogP contribution in [0.15, 0.2) is 18.3 Å². The largest absolute Gasteiger partial charge is 0.480 e. The fourth-order valence-corrected chi connectivity index (χ4v) is 1.38. The average Bonchev–Trinajstić information content (AvgIpc) is 3.09. The minimum Gasteiger partial charge on any atom is -0.480 e. The van der Waals surface area contributed by atoms with Crippen molar-refractivity contribution in [3.63, 3.8) is 0 Å². The van der Waals surface area contributed by atoms with Crippen molar-refractivity contribution in [2.24, 2.45) is 5.92 Å². The molecule has 4 nitrogen and oxygen atoms in total. The first-order chi connectivity index (χ1) is 7.31. The number of aromatic nitrogens is 1. The number of rotatable bonds is 4. The van der Waals surface area contributed by atoms with E-state index in [1.54, 1.807) is 18.3 Å². The normalized spacial score (nSPS) is 14.7. The SMILES string of the molecule is COc1ncccc1C(=O)NCC1CC1. The first-order valence-corrected chi connectivity index (χ1v) is 5.08. The molecule has 1 aliphatic carbocycles. The highest BCUT2D eigenvalue weighted by Gasteiger charge is 2.22. The highest BCUT2D eigenvalue weighted by atomic mass is 16.5. The summed E-state index contributed by atoms with van der Waals surface area (Å²) in [5.41, 5.74) is 0.501. The second-order valence-electron chi connectivity index (χ2n) is 3.71. The zero-order valence-corrected chi connectivity index (χ0v) is 8.69. The van der Waals surface area contributed by atoms with Crippen molar-refractivity contribution in [1.29, 1.82) is 0 Å². The van der Waals surface area contributed by atoms with Gasteiger partial charge in [0.1, 0.15) is 5.56 Å². The number of nitrogens with one attached hydrogen (secondary N) is 1. The van der Waals surface area contributed by atoms with Gasteiger partial charge in [0.25, 0.3) is 5.91 Å². The lowest BCUT2D eigenvalue weighted by molar-refractivity contribution is 0.0948. The van der Waals surface area contributed by atoms with E-state index < -0.39 is 0 Å². The summed E-state index contributed by atoms with van der Waals surface area (Å²) < 4.78 is 5.02. The molecule has 1 saturated carbocycles. The van der Waals surface area contributed by atoms with Gasteiger partial charge in [0.15, 0.2) is 0 Å². The molecular weight excluding hydrogens is 192 g/mol. The molecule has 0 aromatic carbocycles. The van der Waals surface area contributed by atoms with Crippen LogP contribution in [0.5, 0.6) is 5.88 Å². The van der Waals surface area contributed by atoms with Crippen LogP contribution in [0.4, 0.5) is 0 Å². The van der Waals surface area contributed by atoms with Gasteiger partial charge in [-0.15, -0.1) is 0 Å². The Morgan fingerprint density at radius 1 is 1.67 bits per heavy atom. The minimum absolute atomic E-state index is 0.105. The Bertz CT molecular complexity index is 361. The molecule has 0 radical (unpaired) electrons. The monoisotopic (exact) mass is 206 g/mol. The van der Waals surface area contributed by atoms with Gasteiger partial charge in [0, 0.05) is 12.7 Å². The van der Waals surface area contributed by atoms with Crippen molar-refractivity contribution in [1.82, 2.24) is 10.3 Å². The van der Waals surface area contributed by atoms with Gasteiger partial charge in [0.05, 0.1) is 7.11 Å². The average molecular weight is 206 g/mol. The molecule has 0 unspecified atom stereocenters. The summed E-state index contributed by atoms with van der Waals surface area (Å²) in [6, 6.07) is 3.45. The molecule has 1 N–H and O–H groups in total. The molecule has 15 heavy (non-hydrogen) atoms. The van der Waals surface area contributed by atoms with Crippen LogP contribution >= 0.6 is 0 Å². The van der Waals surface area contributed by atoms with Crippen LogP contribution in [0.1, 0.15) is 23.2 Å². The molecular formula is C11H14N2O2.